The molecule has 5 rings (SSSR count). The van der Waals surface area contributed by atoms with Gasteiger partial charge in [0.05, 0.1) is 31.8 Å². The van der Waals surface area contributed by atoms with E-state index in [2.05, 4.69) is 11.9 Å². The summed E-state index contributed by atoms with van der Waals surface area (Å²) < 4.78 is 29.8. The van der Waals surface area contributed by atoms with Gasteiger partial charge in [0.1, 0.15) is 23.1 Å². The van der Waals surface area contributed by atoms with Crippen LogP contribution in [0.15, 0.2) is 72.4 Å². The first kappa shape index (κ1) is 32.6. The van der Waals surface area contributed by atoms with Crippen molar-refractivity contribution in [1.82, 2.24) is 14.5 Å². The van der Waals surface area contributed by atoms with Crippen molar-refractivity contribution >= 4 is 24.4 Å². The first-order chi connectivity index (χ1) is 22.9. The maximum atomic E-state index is 13.0. The molecule has 0 bridgehead atoms. The molecule has 1 aliphatic heterocycles. The second-order valence-electron chi connectivity index (χ2n) is 10.6. The summed E-state index contributed by atoms with van der Waals surface area (Å²) in [5.41, 5.74) is 2.01. The molecule has 1 N–H and O–H groups in total. The number of unbranched alkanes of at least 4 members (excludes halogenated alkanes) is 1. The Balaban J connectivity index is 1.54. The molecule has 1 aliphatic rings. The first-order valence-electron chi connectivity index (χ1n) is 15.0. The number of amides is 2. The van der Waals surface area contributed by atoms with Crippen LogP contribution in [0.1, 0.15) is 47.2 Å². The minimum absolute atomic E-state index is 0.0203. The number of rotatable bonds is 15. The largest absolute Gasteiger partial charge is 0.497 e. The number of imide groups is 1. The van der Waals surface area contributed by atoms with Gasteiger partial charge in [0.2, 0.25) is 13.2 Å². The van der Waals surface area contributed by atoms with E-state index in [9.17, 15) is 19.5 Å². The van der Waals surface area contributed by atoms with E-state index < -0.39 is 11.9 Å². The third kappa shape index (κ3) is 7.38. The van der Waals surface area contributed by atoms with E-state index in [0.717, 1.165) is 17.7 Å². The second-order valence-corrected chi connectivity index (χ2v) is 10.6. The molecule has 0 spiro atoms. The number of carboxylic acid groups (broad SMARTS) is 1. The Morgan fingerprint density at radius 1 is 1.02 bits per heavy atom. The minimum Gasteiger partial charge on any atom is -0.497 e. The molecule has 0 unspecified atom stereocenters. The van der Waals surface area contributed by atoms with Gasteiger partial charge in [-0.15, -0.1) is 0 Å². The topological polar surface area (TPSA) is 139 Å². The van der Waals surface area contributed by atoms with Crippen molar-refractivity contribution in [2.45, 2.75) is 32.6 Å². The van der Waals surface area contributed by atoms with Crippen LogP contribution in [0, 0.1) is 0 Å². The number of hydrogen-bond acceptors (Lipinski definition) is 9. The summed E-state index contributed by atoms with van der Waals surface area (Å²) in [5.74, 6) is 1.29. The van der Waals surface area contributed by atoms with Gasteiger partial charge in [-0.25, -0.2) is 14.7 Å². The summed E-state index contributed by atoms with van der Waals surface area (Å²) >= 11 is 0. The summed E-state index contributed by atoms with van der Waals surface area (Å²) in [4.78, 5) is 43.1. The zero-order valence-electron chi connectivity index (χ0n) is 26.3. The van der Waals surface area contributed by atoms with Gasteiger partial charge in [0, 0.05) is 41.7 Å². The van der Waals surface area contributed by atoms with Crippen molar-refractivity contribution in [3.05, 3.63) is 95.1 Å². The van der Waals surface area contributed by atoms with E-state index in [4.69, 9.17) is 23.7 Å². The van der Waals surface area contributed by atoms with Crippen molar-refractivity contribution in [3.8, 4) is 34.4 Å². The molecule has 1 aromatic heterocycles. The lowest BCUT2D eigenvalue weighted by atomic mass is 10.0. The molecule has 0 saturated heterocycles. The minimum atomic E-state index is -1.13. The lowest BCUT2D eigenvalue weighted by Gasteiger charge is -2.20. The van der Waals surface area contributed by atoms with Gasteiger partial charge in [-0.1, -0.05) is 31.5 Å². The van der Waals surface area contributed by atoms with Crippen LogP contribution in [-0.4, -0.2) is 65.6 Å². The van der Waals surface area contributed by atoms with Crippen LogP contribution in [0.4, 0.5) is 0 Å². The van der Waals surface area contributed by atoms with Crippen LogP contribution in [0.3, 0.4) is 0 Å². The van der Waals surface area contributed by atoms with Gasteiger partial charge in [0.15, 0.2) is 18.2 Å². The number of carboxylic acids is 1. The standard InChI is InChI=1S/C35H35N3O9/c1-4-5-11-33-36-19-26(15-25(35(41)42)14-24-16-31-32(47-22-46-31)18-29(24)44-3)38(33)28-13-12-27(43-2)17-30(28)45-21-37(20-39)34(40)23-9-7-6-8-10-23/h6-10,12-13,15-20H,4-5,11,14,21-22H2,1-3H3,(H,41,42)/b25-15+. The van der Waals surface area contributed by atoms with E-state index in [1.54, 1.807) is 72.9 Å². The number of benzene rings is 3. The molecular formula is C35H35N3O9. The summed E-state index contributed by atoms with van der Waals surface area (Å²) in [6.07, 6.45) is 5.93. The Morgan fingerprint density at radius 3 is 2.47 bits per heavy atom. The summed E-state index contributed by atoms with van der Waals surface area (Å²) in [6.45, 7) is 1.75. The number of aromatic nitrogens is 2. The average molecular weight is 642 g/mol. The van der Waals surface area contributed by atoms with E-state index in [1.165, 1.54) is 14.2 Å². The molecular weight excluding hydrogens is 606 g/mol. The Kier molecular flexibility index (Phi) is 10.4. The number of imidazole rings is 1. The normalized spacial score (nSPS) is 12.0. The predicted molar refractivity (Wildman–Crippen MR) is 171 cm³/mol. The van der Waals surface area contributed by atoms with Crippen LogP contribution in [0.5, 0.6) is 28.7 Å². The Bertz CT molecular complexity index is 1780. The van der Waals surface area contributed by atoms with Crippen LogP contribution < -0.4 is 23.7 Å². The molecule has 0 fully saturated rings. The average Bonchev–Trinajstić information content (AvgIpc) is 3.73. The number of hydrogen-bond donors (Lipinski definition) is 1. The molecule has 2 amide bonds. The van der Waals surface area contributed by atoms with Crippen molar-refractivity contribution in [1.29, 1.82) is 0 Å². The molecule has 0 saturated carbocycles. The molecule has 47 heavy (non-hydrogen) atoms. The number of aliphatic carboxylic acids is 1. The molecule has 0 aliphatic carbocycles. The Labute approximate surface area is 271 Å². The lowest BCUT2D eigenvalue weighted by molar-refractivity contribution is -0.132. The Morgan fingerprint density at radius 2 is 1.79 bits per heavy atom. The molecule has 12 nitrogen and oxygen atoms in total. The molecule has 3 aromatic carbocycles. The number of methoxy groups -OCH3 is 2. The predicted octanol–water partition coefficient (Wildman–Crippen LogP) is 5.31. The second kappa shape index (κ2) is 15.0. The maximum Gasteiger partial charge on any atom is 0.331 e. The van der Waals surface area contributed by atoms with Gasteiger partial charge >= 0.3 is 5.97 Å². The third-order valence-corrected chi connectivity index (χ3v) is 7.55. The SMILES string of the molecule is CCCCc1ncc(/C=C(\Cc2cc3c(cc2OC)OCO3)C(=O)O)n1-c1ccc(OC)cc1OCN(C=O)C(=O)c1ccccc1. The zero-order chi connectivity index (χ0) is 33.3. The summed E-state index contributed by atoms with van der Waals surface area (Å²) in [5, 5.41) is 10.3. The zero-order valence-corrected chi connectivity index (χ0v) is 26.3. The number of fused-ring (bicyclic) bond motifs is 1. The number of carbonyl (C=O) groups excluding carboxylic acids is 2. The number of nitrogens with zero attached hydrogens (tertiary/aromatic N) is 3. The first-order valence-corrected chi connectivity index (χ1v) is 15.0. The van der Waals surface area contributed by atoms with E-state index >= 15 is 0 Å². The van der Waals surface area contributed by atoms with Gasteiger partial charge < -0.3 is 28.8 Å². The third-order valence-electron chi connectivity index (χ3n) is 7.55. The summed E-state index contributed by atoms with van der Waals surface area (Å²) in [7, 11) is 3.02. The number of carbonyl (C=O) groups is 3. The highest BCUT2D eigenvalue weighted by Gasteiger charge is 2.23. The van der Waals surface area contributed by atoms with Crippen LogP contribution in [0.25, 0.3) is 11.8 Å². The van der Waals surface area contributed by atoms with Gasteiger partial charge in [-0.05, 0) is 42.8 Å². The van der Waals surface area contributed by atoms with Crippen LogP contribution in [0.2, 0.25) is 0 Å². The highest BCUT2D eigenvalue weighted by atomic mass is 16.7. The summed E-state index contributed by atoms with van der Waals surface area (Å²) in [6, 6.07) is 16.9. The molecule has 0 radical (unpaired) electrons. The van der Waals surface area contributed by atoms with Crippen LogP contribution in [-0.2, 0) is 22.4 Å². The lowest BCUT2D eigenvalue weighted by Crippen LogP contribution is -2.33. The molecule has 0 atom stereocenters. The maximum absolute atomic E-state index is 13.0. The van der Waals surface area contributed by atoms with Crippen molar-refractivity contribution in [2.75, 3.05) is 27.7 Å². The quantitative estimate of drug-likeness (QED) is 0.103. The van der Waals surface area contributed by atoms with E-state index in [1.807, 2.05) is 4.57 Å². The smallest absolute Gasteiger partial charge is 0.331 e. The number of aryl methyl sites for hydroxylation is 1. The van der Waals surface area contributed by atoms with Gasteiger partial charge in [0.25, 0.3) is 5.91 Å². The van der Waals surface area contributed by atoms with E-state index in [-0.39, 0.29) is 31.3 Å². The fraction of sp³-hybridized carbons (Fsp3) is 0.257. The molecule has 2 heterocycles. The molecule has 4 aromatic rings. The van der Waals surface area contributed by atoms with Crippen molar-refractivity contribution in [3.63, 3.8) is 0 Å². The molecule has 12 heteroatoms. The number of ether oxygens (including phenoxy) is 5. The fourth-order valence-electron chi connectivity index (χ4n) is 5.11. The molecule has 244 valence electrons. The van der Waals surface area contributed by atoms with Gasteiger partial charge in [-0.3, -0.25) is 14.2 Å². The van der Waals surface area contributed by atoms with Crippen LogP contribution >= 0.6 is 0 Å². The van der Waals surface area contributed by atoms with Gasteiger partial charge in [-0.2, -0.15) is 0 Å². The highest BCUT2D eigenvalue weighted by molar-refractivity contribution is 5.99. The Hall–Kier alpha value is -5.78. The monoisotopic (exact) mass is 641 g/mol. The van der Waals surface area contributed by atoms with E-state index in [0.29, 0.717) is 64.2 Å². The fourth-order valence-corrected chi connectivity index (χ4v) is 5.11. The van der Waals surface area contributed by atoms with Crippen molar-refractivity contribution in [2.24, 2.45) is 0 Å². The highest BCUT2D eigenvalue weighted by Crippen LogP contribution is 2.39. The van der Waals surface area contributed by atoms with Crippen molar-refractivity contribution < 1.29 is 43.2 Å².